The van der Waals surface area contributed by atoms with E-state index in [9.17, 15) is 18.5 Å². The van der Waals surface area contributed by atoms with Crippen LogP contribution in [0, 0.1) is 10.1 Å². The smallest absolute Gasteiger partial charge is 0.269 e. The summed E-state index contributed by atoms with van der Waals surface area (Å²) >= 11 is 0. The van der Waals surface area contributed by atoms with Crippen LogP contribution in [0.1, 0.15) is 20.8 Å². The van der Waals surface area contributed by atoms with Gasteiger partial charge in [-0.15, -0.1) is 0 Å². The third kappa shape index (κ3) is 5.02. The van der Waals surface area contributed by atoms with Crippen LogP contribution in [-0.4, -0.2) is 38.9 Å². The van der Waals surface area contributed by atoms with Gasteiger partial charge in [-0.25, -0.2) is 13.1 Å². The van der Waals surface area contributed by atoms with Crippen molar-refractivity contribution in [1.82, 2.24) is 4.72 Å². The van der Waals surface area contributed by atoms with Crippen molar-refractivity contribution >= 4 is 15.7 Å². The number of nitro benzene ring substituents is 1. The van der Waals surface area contributed by atoms with Gasteiger partial charge in [0.25, 0.3) is 5.69 Å². The maximum absolute atomic E-state index is 12.2. The molecule has 0 fully saturated rings. The number of nitrogens with zero attached hydrogens (tertiary/aromatic N) is 1. The monoisotopic (exact) mass is 332 g/mol. The van der Waals surface area contributed by atoms with Gasteiger partial charge in [0, 0.05) is 25.3 Å². The number of hydrogen-bond acceptors (Lipinski definition) is 6. The number of nitrogens with one attached hydrogen (secondary N) is 1. The Morgan fingerprint density at radius 3 is 2.09 bits per heavy atom. The molecule has 124 valence electrons. The van der Waals surface area contributed by atoms with E-state index in [1.807, 2.05) is 0 Å². The molecule has 0 spiro atoms. The highest BCUT2D eigenvalue weighted by atomic mass is 32.2. The summed E-state index contributed by atoms with van der Waals surface area (Å²) in [6.07, 6.45) is 0. The molecular weight excluding hydrogens is 312 g/mol. The van der Waals surface area contributed by atoms with Crippen LogP contribution in [0.5, 0.6) is 0 Å². The van der Waals surface area contributed by atoms with E-state index in [-0.39, 0.29) is 17.1 Å². The molecule has 0 aliphatic carbocycles. The average molecular weight is 332 g/mol. The molecule has 0 saturated heterocycles. The zero-order chi connectivity index (χ0) is 16.8. The average Bonchev–Trinajstić information content (AvgIpc) is 2.46. The lowest BCUT2D eigenvalue weighted by Crippen LogP contribution is -2.45. The molecule has 0 aliphatic heterocycles. The highest BCUT2D eigenvalue weighted by molar-refractivity contribution is 7.89. The molecule has 1 aromatic rings. The van der Waals surface area contributed by atoms with Crippen LogP contribution in [0.2, 0.25) is 0 Å². The number of non-ortho nitro benzene ring substituents is 1. The standard InChI is InChI=1S/C13H20N2O6S/c1-4-20-13(3,21-5-2)10-14-22(18,19)12-8-6-11(7-9-12)15(16)17/h6-9,14H,4-5,10H2,1-3H3. The Bertz CT molecular complexity index is 593. The number of benzene rings is 1. The Morgan fingerprint density at radius 1 is 1.18 bits per heavy atom. The fraction of sp³-hybridized carbons (Fsp3) is 0.538. The largest absolute Gasteiger partial charge is 0.349 e. The van der Waals surface area contributed by atoms with E-state index in [4.69, 9.17) is 9.47 Å². The van der Waals surface area contributed by atoms with Gasteiger partial charge in [-0.3, -0.25) is 10.1 Å². The first kappa shape index (κ1) is 18.5. The molecular formula is C13H20N2O6S. The van der Waals surface area contributed by atoms with Gasteiger partial charge >= 0.3 is 0 Å². The predicted molar refractivity (Wildman–Crippen MR) is 79.9 cm³/mol. The molecule has 1 N–H and O–H groups in total. The van der Waals surface area contributed by atoms with Gasteiger partial charge in [0.2, 0.25) is 10.0 Å². The van der Waals surface area contributed by atoms with E-state index in [1.54, 1.807) is 20.8 Å². The van der Waals surface area contributed by atoms with Gasteiger partial charge in [0.05, 0.1) is 16.4 Å². The molecule has 1 aromatic carbocycles. The maximum atomic E-state index is 12.2. The van der Waals surface area contributed by atoms with Crippen LogP contribution in [0.4, 0.5) is 5.69 Å². The van der Waals surface area contributed by atoms with Gasteiger partial charge in [0.15, 0.2) is 5.79 Å². The van der Waals surface area contributed by atoms with E-state index in [0.717, 1.165) is 12.1 Å². The molecule has 0 saturated carbocycles. The fourth-order valence-corrected chi connectivity index (χ4v) is 2.92. The van der Waals surface area contributed by atoms with Crippen LogP contribution < -0.4 is 4.72 Å². The number of hydrogen-bond donors (Lipinski definition) is 1. The summed E-state index contributed by atoms with van der Waals surface area (Å²) in [5.74, 6) is -1.07. The maximum Gasteiger partial charge on any atom is 0.269 e. The minimum atomic E-state index is -3.81. The van der Waals surface area contributed by atoms with E-state index in [0.29, 0.717) is 13.2 Å². The molecule has 1 rings (SSSR count). The van der Waals surface area contributed by atoms with E-state index >= 15 is 0 Å². The zero-order valence-electron chi connectivity index (χ0n) is 12.7. The second-order valence-corrected chi connectivity index (χ2v) is 6.34. The van der Waals surface area contributed by atoms with Crippen molar-refractivity contribution in [1.29, 1.82) is 0 Å². The first-order valence-corrected chi connectivity index (χ1v) is 8.24. The van der Waals surface area contributed by atoms with Crippen molar-refractivity contribution < 1.29 is 22.8 Å². The second-order valence-electron chi connectivity index (χ2n) is 4.58. The lowest BCUT2D eigenvalue weighted by molar-refractivity contribution is -0.384. The lowest BCUT2D eigenvalue weighted by atomic mass is 10.3. The van der Waals surface area contributed by atoms with Gasteiger partial charge in [-0.2, -0.15) is 0 Å². The van der Waals surface area contributed by atoms with Crippen molar-refractivity contribution in [2.75, 3.05) is 19.8 Å². The van der Waals surface area contributed by atoms with Crippen molar-refractivity contribution in [2.45, 2.75) is 31.5 Å². The zero-order valence-corrected chi connectivity index (χ0v) is 13.6. The summed E-state index contributed by atoms with van der Waals surface area (Å²) in [6.45, 7) is 5.86. The summed E-state index contributed by atoms with van der Waals surface area (Å²) in [6, 6.07) is 4.63. The van der Waals surface area contributed by atoms with E-state index in [1.165, 1.54) is 12.1 Å². The molecule has 0 atom stereocenters. The number of rotatable bonds is 9. The Balaban J connectivity index is 2.84. The summed E-state index contributed by atoms with van der Waals surface area (Å²) in [7, 11) is -3.81. The summed E-state index contributed by atoms with van der Waals surface area (Å²) in [4.78, 5) is 9.92. The molecule has 0 aromatic heterocycles. The van der Waals surface area contributed by atoms with Crippen LogP contribution in [0.15, 0.2) is 29.2 Å². The Labute approximate surface area is 129 Å². The second kappa shape index (κ2) is 7.63. The van der Waals surface area contributed by atoms with Crippen molar-refractivity contribution in [3.8, 4) is 0 Å². The molecule has 22 heavy (non-hydrogen) atoms. The predicted octanol–water partition coefficient (Wildman–Crippen LogP) is 1.66. The highest BCUT2D eigenvalue weighted by Gasteiger charge is 2.28. The molecule has 9 heteroatoms. The Morgan fingerprint density at radius 2 is 1.68 bits per heavy atom. The van der Waals surface area contributed by atoms with Crippen LogP contribution >= 0.6 is 0 Å². The minimum absolute atomic E-state index is 0.0616. The quantitative estimate of drug-likeness (QED) is 0.418. The third-order valence-electron chi connectivity index (χ3n) is 2.84. The molecule has 0 radical (unpaired) electrons. The lowest BCUT2D eigenvalue weighted by Gasteiger charge is -2.29. The summed E-state index contributed by atoms with van der Waals surface area (Å²) in [5.41, 5.74) is -0.174. The molecule has 8 nitrogen and oxygen atoms in total. The number of ether oxygens (including phenoxy) is 2. The van der Waals surface area contributed by atoms with Gasteiger partial charge in [0.1, 0.15) is 0 Å². The van der Waals surface area contributed by atoms with E-state index < -0.39 is 20.7 Å². The molecule has 0 unspecified atom stereocenters. The van der Waals surface area contributed by atoms with Gasteiger partial charge < -0.3 is 9.47 Å². The summed E-state index contributed by atoms with van der Waals surface area (Å²) in [5, 5.41) is 10.6. The minimum Gasteiger partial charge on any atom is -0.349 e. The SMILES string of the molecule is CCOC(C)(CNS(=O)(=O)c1ccc([N+](=O)[O-])cc1)OCC. The first-order valence-electron chi connectivity index (χ1n) is 6.76. The topological polar surface area (TPSA) is 108 Å². The highest BCUT2D eigenvalue weighted by Crippen LogP contribution is 2.17. The molecule has 0 heterocycles. The van der Waals surface area contributed by atoms with Gasteiger partial charge in [-0.05, 0) is 32.9 Å². The van der Waals surface area contributed by atoms with Crippen LogP contribution in [-0.2, 0) is 19.5 Å². The number of nitro groups is 1. The van der Waals surface area contributed by atoms with E-state index in [2.05, 4.69) is 4.72 Å². The Hall–Kier alpha value is -1.55. The normalized spacial score (nSPS) is 12.3. The molecule has 0 bridgehead atoms. The Kier molecular flexibility index (Phi) is 6.42. The molecule has 0 amide bonds. The fourth-order valence-electron chi connectivity index (χ4n) is 1.81. The third-order valence-corrected chi connectivity index (χ3v) is 4.26. The van der Waals surface area contributed by atoms with Crippen LogP contribution in [0.25, 0.3) is 0 Å². The number of sulfonamides is 1. The first-order chi connectivity index (χ1) is 10.2. The van der Waals surface area contributed by atoms with Crippen LogP contribution in [0.3, 0.4) is 0 Å². The molecule has 0 aliphatic rings. The van der Waals surface area contributed by atoms with Crippen molar-refractivity contribution in [3.05, 3.63) is 34.4 Å². The van der Waals surface area contributed by atoms with Gasteiger partial charge in [-0.1, -0.05) is 0 Å². The van der Waals surface area contributed by atoms with Crippen molar-refractivity contribution in [2.24, 2.45) is 0 Å². The van der Waals surface area contributed by atoms with Crippen molar-refractivity contribution in [3.63, 3.8) is 0 Å². The summed E-state index contributed by atoms with van der Waals surface area (Å²) < 4.78 is 37.6.